The number of benzene rings is 1. The van der Waals surface area contributed by atoms with E-state index in [0.29, 0.717) is 0 Å². The maximum absolute atomic E-state index is 3.80. The van der Waals surface area contributed by atoms with E-state index in [-0.39, 0.29) is 0 Å². The van der Waals surface area contributed by atoms with Crippen LogP contribution in [0.5, 0.6) is 0 Å². The summed E-state index contributed by atoms with van der Waals surface area (Å²) in [5, 5.41) is 0. The summed E-state index contributed by atoms with van der Waals surface area (Å²) < 4.78 is 0. The van der Waals surface area contributed by atoms with Crippen molar-refractivity contribution >= 4 is 5.57 Å². The fourth-order valence-electron chi connectivity index (χ4n) is 1.92. The summed E-state index contributed by atoms with van der Waals surface area (Å²) in [6.45, 7) is 10.0. The van der Waals surface area contributed by atoms with Gasteiger partial charge in [0, 0.05) is 0 Å². The molecule has 0 unspecified atom stereocenters. The Bertz CT molecular complexity index is 485. The lowest BCUT2D eigenvalue weighted by Gasteiger charge is -2.10. The van der Waals surface area contributed by atoms with E-state index in [1.807, 2.05) is 13.0 Å². The van der Waals surface area contributed by atoms with Crippen molar-refractivity contribution < 1.29 is 0 Å². The third-order valence-electron chi connectivity index (χ3n) is 2.79. The fourth-order valence-corrected chi connectivity index (χ4v) is 1.92. The Labute approximate surface area is 111 Å². The van der Waals surface area contributed by atoms with Crippen LogP contribution in [0.3, 0.4) is 0 Å². The number of hydrogen-bond acceptors (Lipinski definition) is 0. The average molecular weight is 238 g/mol. The Morgan fingerprint density at radius 2 is 2.00 bits per heavy atom. The monoisotopic (exact) mass is 238 g/mol. The summed E-state index contributed by atoms with van der Waals surface area (Å²) in [6.07, 6.45) is 13.4. The first-order valence-corrected chi connectivity index (χ1v) is 6.39. The zero-order valence-corrected chi connectivity index (χ0v) is 11.6. The van der Waals surface area contributed by atoms with Gasteiger partial charge in [0.1, 0.15) is 0 Å². The van der Waals surface area contributed by atoms with Gasteiger partial charge in [-0.05, 0) is 43.9 Å². The van der Waals surface area contributed by atoms with Crippen LogP contribution in [0.15, 0.2) is 61.2 Å². The molecule has 0 heterocycles. The van der Waals surface area contributed by atoms with Crippen molar-refractivity contribution in [3.05, 3.63) is 77.9 Å². The van der Waals surface area contributed by atoms with Crippen molar-refractivity contribution in [2.75, 3.05) is 0 Å². The Morgan fingerprint density at radius 1 is 1.22 bits per heavy atom. The van der Waals surface area contributed by atoms with Crippen molar-refractivity contribution in [2.45, 2.75) is 27.2 Å². The largest absolute Gasteiger partial charge is 0.0990 e. The number of aryl methyl sites for hydroxylation is 1. The summed E-state index contributed by atoms with van der Waals surface area (Å²) >= 11 is 0. The minimum atomic E-state index is 0.970. The normalized spacial score (nSPS) is 12.5. The van der Waals surface area contributed by atoms with Gasteiger partial charge in [-0.25, -0.2) is 0 Å². The zero-order valence-electron chi connectivity index (χ0n) is 11.6. The standard InChI is InChI=1S/C18H22/c1-5-8-11-17-13-12-15(4)14-18(17)16(9-6-2)10-7-3/h5-10,12-14H,2,11H2,1,3-4H3/b8-5+,10-7-,16-9+. The molecule has 0 aliphatic rings. The molecule has 0 saturated heterocycles. The Kier molecular flexibility index (Phi) is 5.93. The lowest BCUT2D eigenvalue weighted by atomic mass is 9.95. The van der Waals surface area contributed by atoms with Crippen molar-refractivity contribution in [3.8, 4) is 0 Å². The van der Waals surface area contributed by atoms with Gasteiger partial charge in [-0.2, -0.15) is 0 Å². The Hall–Kier alpha value is -1.82. The molecule has 18 heavy (non-hydrogen) atoms. The highest BCUT2D eigenvalue weighted by molar-refractivity contribution is 5.77. The van der Waals surface area contributed by atoms with Crippen LogP contribution in [0.2, 0.25) is 0 Å². The van der Waals surface area contributed by atoms with Gasteiger partial charge in [-0.1, -0.05) is 66.8 Å². The topological polar surface area (TPSA) is 0 Å². The molecular weight excluding hydrogens is 216 g/mol. The SMILES string of the molecule is C=C/C=C(\C=C/C)c1cc(C)ccc1C/C=C/C. The van der Waals surface area contributed by atoms with Crippen LogP contribution in [0.4, 0.5) is 0 Å². The summed E-state index contributed by atoms with van der Waals surface area (Å²) in [4.78, 5) is 0. The maximum atomic E-state index is 3.80. The molecule has 0 fully saturated rings. The van der Waals surface area contributed by atoms with Gasteiger partial charge < -0.3 is 0 Å². The van der Waals surface area contributed by atoms with Crippen LogP contribution in [0.1, 0.15) is 30.5 Å². The van der Waals surface area contributed by atoms with Crippen molar-refractivity contribution in [1.29, 1.82) is 0 Å². The summed E-state index contributed by atoms with van der Waals surface area (Å²) in [5.74, 6) is 0. The zero-order chi connectivity index (χ0) is 13.4. The quantitative estimate of drug-likeness (QED) is 0.485. The molecule has 0 spiro atoms. The molecule has 0 aliphatic heterocycles. The molecule has 0 nitrogen and oxygen atoms in total. The second-order valence-corrected chi connectivity index (χ2v) is 4.29. The third kappa shape index (κ3) is 3.89. The molecule has 1 aromatic carbocycles. The van der Waals surface area contributed by atoms with E-state index in [1.165, 1.54) is 22.3 Å². The maximum Gasteiger partial charge on any atom is -0.00914 e. The predicted molar refractivity (Wildman–Crippen MR) is 82.7 cm³/mol. The van der Waals surface area contributed by atoms with Gasteiger partial charge in [0.05, 0.1) is 0 Å². The molecule has 0 saturated carbocycles. The average Bonchev–Trinajstić information content (AvgIpc) is 2.37. The highest BCUT2D eigenvalue weighted by Gasteiger charge is 2.04. The van der Waals surface area contributed by atoms with E-state index in [2.05, 4.69) is 69.0 Å². The lowest BCUT2D eigenvalue weighted by molar-refractivity contribution is 1.23. The van der Waals surface area contributed by atoms with Crippen LogP contribution in [0, 0.1) is 6.92 Å². The van der Waals surface area contributed by atoms with E-state index >= 15 is 0 Å². The molecule has 0 atom stereocenters. The first-order chi connectivity index (χ1) is 8.72. The molecule has 0 amide bonds. The Balaban J connectivity index is 3.29. The van der Waals surface area contributed by atoms with E-state index in [1.54, 1.807) is 0 Å². The number of allylic oxidation sites excluding steroid dienone is 7. The number of hydrogen-bond donors (Lipinski definition) is 0. The van der Waals surface area contributed by atoms with Crippen LogP contribution in [-0.2, 0) is 6.42 Å². The van der Waals surface area contributed by atoms with Gasteiger partial charge in [0.25, 0.3) is 0 Å². The van der Waals surface area contributed by atoms with Crippen molar-refractivity contribution in [1.82, 2.24) is 0 Å². The smallest absolute Gasteiger partial charge is 0.00914 e. The van der Waals surface area contributed by atoms with Crippen molar-refractivity contribution in [3.63, 3.8) is 0 Å². The lowest BCUT2D eigenvalue weighted by Crippen LogP contribution is -1.92. The van der Waals surface area contributed by atoms with Crippen LogP contribution < -0.4 is 0 Å². The predicted octanol–water partition coefficient (Wildman–Crippen LogP) is 5.26. The fraction of sp³-hybridized carbons (Fsp3) is 0.222. The van der Waals surface area contributed by atoms with Crippen LogP contribution in [-0.4, -0.2) is 0 Å². The summed E-state index contributed by atoms with van der Waals surface area (Å²) in [5.41, 5.74) is 5.15. The molecule has 0 N–H and O–H groups in total. The van der Waals surface area contributed by atoms with Crippen molar-refractivity contribution in [2.24, 2.45) is 0 Å². The third-order valence-corrected chi connectivity index (χ3v) is 2.79. The van der Waals surface area contributed by atoms with Gasteiger partial charge in [-0.3, -0.25) is 0 Å². The second kappa shape index (κ2) is 7.50. The van der Waals surface area contributed by atoms with E-state index in [9.17, 15) is 0 Å². The van der Waals surface area contributed by atoms with Gasteiger partial charge in [0.15, 0.2) is 0 Å². The molecule has 0 heteroatoms. The minimum absolute atomic E-state index is 0.970. The second-order valence-electron chi connectivity index (χ2n) is 4.29. The Morgan fingerprint density at radius 3 is 2.61 bits per heavy atom. The molecule has 0 aromatic heterocycles. The minimum Gasteiger partial charge on any atom is -0.0990 e. The number of rotatable bonds is 5. The molecule has 0 radical (unpaired) electrons. The summed E-state index contributed by atoms with van der Waals surface area (Å²) in [7, 11) is 0. The van der Waals surface area contributed by atoms with E-state index in [4.69, 9.17) is 0 Å². The first-order valence-electron chi connectivity index (χ1n) is 6.39. The highest BCUT2D eigenvalue weighted by Crippen LogP contribution is 2.23. The summed E-state index contributed by atoms with van der Waals surface area (Å²) in [6, 6.07) is 6.63. The molecule has 1 rings (SSSR count). The van der Waals surface area contributed by atoms with Gasteiger partial charge in [0.2, 0.25) is 0 Å². The molecule has 0 aliphatic carbocycles. The van der Waals surface area contributed by atoms with E-state index < -0.39 is 0 Å². The molecule has 0 bridgehead atoms. The molecule has 1 aromatic rings. The van der Waals surface area contributed by atoms with E-state index in [0.717, 1.165) is 6.42 Å². The van der Waals surface area contributed by atoms with Crippen LogP contribution >= 0.6 is 0 Å². The van der Waals surface area contributed by atoms with Gasteiger partial charge in [-0.15, -0.1) is 0 Å². The molecule has 94 valence electrons. The first kappa shape index (κ1) is 14.2. The molecular formula is C18H22. The van der Waals surface area contributed by atoms with Gasteiger partial charge >= 0.3 is 0 Å². The van der Waals surface area contributed by atoms with Crippen LogP contribution in [0.25, 0.3) is 5.57 Å². The highest BCUT2D eigenvalue weighted by atomic mass is 14.1.